The molecule has 0 radical (unpaired) electrons. The first-order valence-electron chi connectivity index (χ1n) is 28.6. The second kappa shape index (κ2) is 24.3. The minimum atomic E-state index is -0.878. The summed E-state index contributed by atoms with van der Waals surface area (Å²) in [4.78, 5) is 0. The second-order valence-corrected chi connectivity index (χ2v) is 31.3. The zero-order valence-electron chi connectivity index (χ0n) is 45.1. The molecule has 2 saturated heterocycles. The molecule has 3 aliphatic heterocycles. The first kappa shape index (κ1) is 52.2. The van der Waals surface area contributed by atoms with Crippen LogP contribution in [0.5, 0.6) is 0 Å². The molecule has 2 fully saturated rings. The van der Waals surface area contributed by atoms with Gasteiger partial charge in [-0.3, -0.25) is 4.44 Å². The zero-order chi connectivity index (χ0) is 52.9. The average molecular weight is 1100 g/mol. The van der Waals surface area contributed by atoms with E-state index in [1.54, 1.807) is 0 Å². The van der Waals surface area contributed by atoms with Gasteiger partial charge in [0.15, 0.2) is 0 Å². The van der Waals surface area contributed by atoms with Gasteiger partial charge in [0.05, 0.1) is 0 Å². The van der Waals surface area contributed by atoms with E-state index < -0.39 is 32.3 Å². The smallest absolute Gasteiger partial charge is 0.0326 e. The normalized spacial score (nSPS) is 19.9. The van der Waals surface area contributed by atoms with Crippen molar-refractivity contribution in [2.75, 3.05) is 6.54 Å². The van der Waals surface area contributed by atoms with E-state index in [2.05, 4.69) is 289 Å². The van der Waals surface area contributed by atoms with Gasteiger partial charge in [0.1, 0.15) is 0 Å². The molecule has 0 amide bonds. The van der Waals surface area contributed by atoms with Crippen LogP contribution in [0.3, 0.4) is 0 Å². The molecule has 6 atom stereocenters. The van der Waals surface area contributed by atoms with Crippen LogP contribution in [-0.2, 0) is 6.54 Å². The van der Waals surface area contributed by atoms with Gasteiger partial charge in [-0.1, -0.05) is 274 Å². The fourth-order valence-corrected chi connectivity index (χ4v) is 27.8. The largest absolute Gasteiger partial charge is 0.251 e. The van der Waals surface area contributed by atoms with Crippen molar-refractivity contribution in [1.29, 1.82) is 0 Å². The topological polar surface area (TPSA) is 6.48 Å². The molecule has 13 rings (SSSR count). The van der Waals surface area contributed by atoms with Gasteiger partial charge < -0.3 is 0 Å². The van der Waals surface area contributed by atoms with Crippen LogP contribution >= 0.6 is 32.3 Å². The fourth-order valence-electron chi connectivity index (χ4n) is 12.8. The Balaban J connectivity index is 0.852. The summed E-state index contributed by atoms with van der Waals surface area (Å²) in [6.07, 6.45) is 7.22. The van der Waals surface area contributed by atoms with E-state index in [-0.39, 0.29) is 0 Å². The predicted molar refractivity (Wildman–Crippen MR) is 344 cm³/mol. The summed E-state index contributed by atoms with van der Waals surface area (Å²) in [5, 5.41) is 5.84. The highest BCUT2D eigenvalue weighted by molar-refractivity contribution is 7.80. The van der Waals surface area contributed by atoms with Crippen molar-refractivity contribution >= 4 is 53.5 Å². The van der Waals surface area contributed by atoms with Gasteiger partial charge in [-0.15, -0.1) is 0 Å². The molecular formula is C73H68N2P4. The number of benzene rings is 10. The van der Waals surface area contributed by atoms with E-state index in [0.29, 0.717) is 22.6 Å². The molecule has 0 aliphatic carbocycles. The molecule has 390 valence electrons. The summed E-state index contributed by atoms with van der Waals surface area (Å²) in [7, 11) is -2.74. The first-order valence-corrected chi connectivity index (χ1v) is 34.1. The molecule has 0 saturated carbocycles. The Kier molecular flexibility index (Phi) is 16.1. The Bertz CT molecular complexity index is 3470. The van der Waals surface area contributed by atoms with Gasteiger partial charge in [-0.2, -0.15) is 0 Å². The number of nitrogens with zero attached hydrogens (tertiary/aromatic N) is 2. The highest BCUT2D eigenvalue weighted by atomic mass is 31.2. The van der Waals surface area contributed by atoms with Gasteiger partial charge in [0.25, 0.3) is 0 Å². The fraction of sp³-hybridized carbons (Fsp3) is 0.178. The van der Waals surface area contributed by atoms with Crippen LogP contribution in [0.2, 0.25) is 0 Å². The number of fused-ring (bicyclic) bond motifs is 1. The predicted octanol–water partition coefficient (Wildman–Crippen LogP) is 19.6. The molecule has 2 nitrogen and oxygen atoms in total. The summed E-state index contributed by atoms with van der Waals surface area (Å²) in [5.74, 6) is 0. The summed E-state index contributed by atoms with van der Waals surface area (Å²) >= 11 is 0. The standard InChI is InChI=1S/C73H68N2P4/c1-2-3-51-74(78-69(58-25-12-5-13-26-58)47-48-70(78)59-27-14-6-15-28-59)76(67-42-37-56(38-43-67)55-23-10-4-11-24-55)68-44-39-57(40-45-68)62-33-22-34-63(52-62)64-41-46-73-65(53-64)54-75(77(73)66-35-20-9-21-36-66)79-71(60-29-16-7-17-30-60)49-50-72(79)61-31-18-8-19-32-61/h4-46,52-53,69-72H,2-3,47-51,54H2,1H3/t69-,70-,71-,72-,76?,77?/m0/s1. The summed E-state index contributed by atoms with van der Waals surface area (Å²) in [5.41, 5.74) is 17.2. The molecule has 0 N–H and O–H groups in total. The van der Waals surface area contributed by atoms with Crippen LogP contribution in [0.15, 0.2) is 273 Å². The number of unbranched alkanes of at least 4 members (excludes halogenated alkanes) is 1. The Morgan fingerprint density at radius 1 is 0.405 bits per heavy atom. The molecule has 3 aliphatic rings. The second-order valence-electron chi connectivity index (χ2n) is 21.4. The molecule has 79 heavy (non-hydrogen) atoms. The van der Waals surface area contributed by atoms with Crippen molar-refractivity contribution in [3.8, 4) is 33.4 Å². The van der Waals surface area contributed by atoms with Crippen LogP contribution in [0.4, 0.5) is 0 Å². The Morgan fingerprint density at radius 3 is 1.30 bits per heavy atom. The minimum absolute atomic E-state index is 0.502. The van der Waals surface area contributed by atoms with E-state index in [1.807, 2.05) is 0 Å². The van der Waals surface area contributed by atoms with E-state index in [4.69, 9.17) is 0 Å². The third kappa shape index (κ3) is 11.0. The maximum atomic E-state index is 3.07. The lowest BCUT2D eigenvalue weighted by Crippen LogP contribution is -2.28. The Hall–Kier alpha value is -6.16. The van der Waals surface area contributed by atoms with Crippen LogP contribution in [-0.4, -0.2) is 15.4 Å². The van der Waals surface area contributed by atoms with E-state index >= 15 is 0 Å². The molecule has 10 aromatic carbocycles. The van der Waals surface area contributed by atoms with Crippen LogP contribution in [0, 0.1) is 0 Å². The highest BCUT2D eigenvalue weighted by Gasteiger charge is 2.47. The van der Waals surface area contributed by atoms with Crippen molar-refractivity contribution in [2.24, 2.45) is 0 Å². The SMILES string of the molecule is CCCCN(P(c1ccc(-c2ccccc2)cc1)c1ccc(-c2cccc(-c3ccc4c(c3)CN(P3[C@H](c5ccccc5)CC[C@H]3c3ccccc3)P4c3ccccc3)c2)cc1)P1[C@H](c2ccccc2)CC[C@H]1c1ccccc1. The quantitative estimate of drug-likeness (QED) is 0.0890. The van der Waals surface area contributed by atoms with E-state index in [1.165, 1.54) is 121 Å². The highest BCUT2D eigenvalue weighted by Crippen LogP contribution is 2.78. The lowest BCUT2D eigenvalue weighted by atomic mass is 9.98. The summed E-state index contributed by atoms with van der Waals surface area (Å²) in [6, 6.07) is 105. The summed E-state index contributed by atoms with van der Waals surface area (Å²) < 4.78 is 6.09. The Morgan fingerprint density at radius 2 is 0.797 bits per heavy atom. The molecule has 3 heterocycles. The minimum Gasteiger partial charge on any atom is -0.251 e. The zero-order valence-corrected chi connectivity index (χ0v) is 48.7. The number of hydrogen-bond acceptors (Lipinski definition) is 2. The molecular weight excluding hydrogens is 1030 g/mol. The van der Waals surface area contributed by atoms with Gasteiger partial charge in [0, 0.05) is 51.9 Å². The third-order valence-electron chi connectivity index (χ3n) is 16.6. The molecule has 2 unspecified atom stereocenters. The molecule has 6 heteroatoms. The summed E-state index contributed by atoms with van der Waals surface area (Å²) in [6.45, 7) is 4.43. The molecule has 0 spiro atoms. The Labute approximate surface area is 474 Å². The van der Waals surface area contributed by atoms with E-state index in [9.17, 15) is 0 Å². The lowest BCUT2D eigenvalue weighted by molar-refractivity contribution is 0.632. The monoisotopic (exact) mass is 1100 g/mol. The van der Waals surface area contributed by atoms with Crippen molar-refractivity contribution in [2.45, 2.75) is 74.6 Å². The number of hydrogen-bond donors (Lipinski definition) is 0. The van der Waals surface area contributed by atoms with Crippen LogP contribution in [0.1, 0.15) is 95.9 Å². The van der Waals surface area contributed by atoms with Gasteiger partial charge in [-0.05, 0) is 143 Å². The van der Waals surface area contributed by atoms with Crippen LogP contribution in [0.25, 0.3) is 33.4 Å². The average Bonchev–Trinajstić information content (AvgIpc) is 4.47. The number of rotatable bonds is 16. The van der Waals surface area contributed by atoms with Crippen molar-refractivity contribution in [3.05, 3.63) is 301 Å². The van der Waals surface area contributed by atoms with Crippen molar-refractivity contribution in [3.63, 3.8) is 0 Å². The molecule has 10 aromatic rings. The third-order valence-corrected chi connectivity index (χ3v) is 29.6. The van der Waals surface area contributed by atoms with Crippen molar-refractivity contribution < 1.29 is 0 Å². The van der Waals surface area contributed by atoms with Crippen LogP contribution < -0.4 is 21.2 Å². The maximum absolute atomic E-state index is 3.07. The van der Waals surface area contributed by atoms with Gasteiger partial charge in [-0.25, -0.2) is 4.44 Å². The van der Waals surface area contributed by atoms with Gasteiger partial charge in [0.2, 0.25) is 0 Å². The maximum Gasteiger partial charge on any atom is 0.0326 e. The first-order chi connectivity index (χ1) is 39.2. The molecule has 0 bridgehead atoms. The van der Waals surface area contributed by atoms with Gasteiger partial charge >= 0.3 is 0 Å². The molecule has 0 aromatic heterocycles. The lowest BCUT2D eigenvalue weighted by Gasteiger charge is -2.42. The van der Waals surface area contributed by atoms with E-state index in [0.717, 1.165) is 13.1 Å². The van der Waals surface area contributed by atoms with Crippen molar-refractivity contribution in [1.82, 2.24) is 8.88 Å².